The normalized spacial score (nSPS) is 17.9. The van der Waals surface area contributed by atoms with Crippen LogP contribution in [0.5, 0.6) is 0 Å². The molecular formula is C20H21N3O. The van der Waals surface area contributed by atoms with Crippen LogP contribution in [-0.4, -0.2) is 22.0 Å². The third-order valence-corrected chi connectivity index (χ3v) is 4.83. The van der Waals surface area contributed by atoms with Crippen LogP contribution in [0.1, 0.15) is 29.3 Å². The average Bonchev–Trinajstić information content (AvgIpc) is 3.08. The number of aryl methyl sites for hydroxylation is 3. The van der Waals surface area contributed by atoms with Crippen molar-refractivity contribution in [3.63, 3.8) is 0 Å². The fourth-order valence-corrected chi connectivity index (χ4v) is 3.77. The van der Waals surface area contributed by atoms with E-state index in [1.54, 1.807) is 0 Å². The van der Waals surface area contributed by atoms with E-state index in [1.165, 1.54) is 11.1 Å². The van der Waals surface area contributed by atoms with Crippen molar-refractivity contribution in [3.8, 4) is 0 Å². The maximum Gasteiger partial charge on any atom is 0.227 e. The van der Waals surface area contributed by atoms with Gasteiger partial charge in [-0.25, -0.2) is 4.98 Å². The predicted octanol–water partition coefficient (Wildman–Crippen LogP) is 3.71. The van der Waals surface area contributed by atoms with Crippen molar-refractivity contribution in [2.45, 2.75) is 26.2 Å². The average molecular weight is 319 g/mol. The summed E-state index contributed by atoms with van der Waals surface area (Å²) < 4.78 is 2.12. The highest BCUT2D eigenvalue weighted by molar-refractivity contribution is 5.96. The van der Waals surface area contributed by atoms with Crippen LogP contribution in [0.4, 0.5) is 5.69 Å². The van der Waals surface area contributed by atoms with Crippen molar-refractivity contribution >= 4 is 22.6 Å². The smallest absolute Gasteiger partial charge is 0.227 e. The molecule has 0 N–H and O–H groups in total. The van der Waals surface area contributed by atoms with E-state index in [0.29, 0.717) is 13.0 Å². The molecule has 2 aromatic carbocycles. The van der Waals surface area contributed by atoms with Gasteiger partial charge in [0.25, 0.3) is 0 Å². The number of imidazole rings is 1. The maximum absolute atomic E-state index is 12.6. The van der Waals surface area contributed by atoms with Gasteiger partial charge in [-0.05, 0) is 49.2 Å². The van der Waals surface area contributed by atoms with E-state index in [0.717, 1.165) is 22.5 Å². The summed E-state index contributed by atoms with van der Waals surface area (Å²) in [5.41, 5.74) is 5.48. The molecule has 0 unspecified atom stereocenters. The second-order valence-corrected chi connectivity index (χ2v) is 6.77. The Morgan fingerprint density at radius 2 is 1.79 bits per heavy atom. The first-order valence-electron chi connectivity index (χ1n) is 8.33. The lowest BCUT2D eigenvalue weighted by Gasteiger charge is -2.18. The standard InChI is InChI=1S/C20H21N3O/c1-13-8-14(2)10-16(9-13)23-12-15(11-19(23)24)20-21-17-6-4-5-7-18(17)22(20)3/h4-10,15H,11-12H2,1-3H3/t15-/m0/s1. The van der Waals surface area contributed by atoms with Gasteiger partial charge in [-0.3, -0.25) is 4.79 Å². The zero-order valence-electron chi connectivity index (χ0n) is 14.3. The lowest BCUT2D eigenvalue weighted by molar-refractivity contribution is -0.117. The zero-order valence-corrected chi connectivity index (χ0v) is 14.3. The van der Waals surface area contributed by atoms with Gasteiger partial charge >= 0.3 is 0 Å². The fourth-order valence-electron chi connectivity index (χ4n) is 3.77. The molecule has 1 aromatic heterocycles. The molecule has 0 bridgehead atoms. The first-order chi connectivity index (χ1) is 11.5. The van der Waals surface area contributed by atoms with Crippen LogP contribution < -0.4 is 4.90 Å². The van der Waals surface area contributed by atoms with E-state index >= 15 is 0 Å². The van der Waals surface area contributed by atoms with Crippen molar-refractivity contribution in [1.82, 2.24) is 9.55 Å². The number of hydrogen-bond acceptors (Lipinski definition) is 2. The van der Waals surface area contributed by atoms with Crippen molar-refractivity contribution in [2.24, 2.45) is 7.05 Å². The highest BCUT2D eigenvalue weighted by Gasteiger charge is 2.34. The van der Waals surface area contributed by atoms with Crippen LogP contribution in [0.25, 0.3) is 11.0 Å². The van der Waals surface area contributed by atoms with Crippen LogP contribution in [0.2, 0.25) is 0 Å². The van der Waals surface area contributed by atoms with Gasteiger partial charge in [0.1, 0.15) is 5.82 Å². The predicted molar refractivity (Wildman–Crippen MR) is 96.3 cm³/mol. The molecular weight excluding hydrogens is 298 g/mol. The summed E-state index contributed by atoms with van der Waals surface area (Å²) in [5.74, 6) is 1.31. The van der Waals surface area contributed by atoms with E-state index in [4.69, 9.17) is 4.98 Å². The van der Waals surface area contributed by atoms with Gasteiger partial charge < -0.3 is 9.47 Å². The summed E-state index contributed by atoms with van der Waals surface area (Å²) in [6, 6.07) is 14.4. The number of rotatable bonds is 2. The number of para-hydroxylation sites is 2. The molecule has 0 radical (unpaired) electrons. The van der Waals surface area contributed by atoms with Gasteiger partial charge in [-0.1, -0.05) is 18.2 Å². The molecule has 0 spiro atoms. The Morgan fingerprint density at radius 3 is 2.50 bits per heavy atom. The first kappa shape index (κ1) is 14.9. The molecule has 24 heavy (non-hydrogen) atoms. The van der Waals surface area contributed by atoms with Crippen molar-refractivity contribution in [2.75, 3.05) is 11.4 Å². The van der Waals surface area contributed by atoms with E-state index in [1.807, 2.05) is 30.1 Å². The summed E-state index contributed by atoms with van der Waals surface area (Å²) in [6.45, 7) is 4.83. The van der Waals surface area contributed by atoms with Gasteiger partial charge in [-0.15, -0.1) is 0 Å². The van der Waals surface area contributed by atoms with E-state index < -0.39 is 0 Å². The number of nitrogens with zero attached hydrogens (tertiary/aromatic N) is 3. The molecule has 3 aromatic rings. The third-order valence-electron chi connectivity index (χ3n) is 4.83. The van der Waals surface area contributed by atoms with Crippen molar-refractivity contribution < 1.29 is 4.79 Å². The number of benzene rings is 2. The Hall–Kier alpha value is -2.62. The second-order valence-electron chi connectivity index (χ2n) is 6.77. The summed E-state index contributed by atoms with van der Waals surface area (Å²) in [6.07, 6.45) is 0.518. The van der Waals surface area contributed by atoms with E-state index in [9.17, 15) is 4.79 Å². The molecule has 2 heterocycles. The minimum Gasteiger partial charge on any atom is -0.331 e. The summed E-state index contributed by atoms with van der Waals surface area (Å²) in [4.78, 5) is 19.3. The molecule has 4 rings (SSSR count). The molecule has 1 amide bonds. The van der Waals surface area contributed by atoms with Crippen LogP contribution in [0, 0.1) is 13.8 Å². The van der Waals surface area contributed by atoms with Gasteiger partial charge in [0, 0.05) is 31.6 Å². The second kappa shape index (κ2) is 5.48. The number of aromatic nitrogens is 2. The van der Waals surface area contributed by atoms with Crippen LogP contribution in [0.3, 0.4) is 0 Å². The Morgan fingerprint density at radius 1 is 1.08 bits per heavy atom. The molecule has 1 saturated heterocycles. The molecule has 1 aliphatic rings. The number of fused-ring (bicyclic) bond motifs is 1. The monoisotopic (exact) mass is 319 g/mol. The largest absolute Gasteiger partial charge is 0.331 e. The molecule has 0 saturated carbocycles. The molecule has 4 nitrogen and oxygen atoms in total. The SMILES string of the molecule is Cc1cc(C)cc(N2C[C@@H](c3nc4ccccc4n3C)CC2=O)c1. The number of amides is 1. The van der Waals surface area contributed by atoms with Gasteiger partial charge in [0.2, 0.25) is 5.91 Å². The van der Waals surface area contributed by atoms with E-state index in [2.05, 4.69) is 42.7 Å². The minimum atomic E-state index is 0.135. The van der Waals surface area contributed by atoms with Crippen LogP contribution in [-0.2, 0) is 11.8 Å². The minimum absolute atomic E-state index is 0.135. The Labute approximate surface area is 141 Å². The molecule has 1 atom stereocenters. The van der Waals surface area contributed by atoms with Gasteiger partial charge in [0.15, 0.2) is 0 Å². The highest BCUT2D eigenvalue weighted by atomic mass is 16.2. The Balaban J connectivity index is 1.69. The van der Waals surface area contributed by atoms with Gasteiger partial charge in [-0.2, -0.15) is 0 Å². The van der Waals surface area contributed by atoms with Crippen LogP contribution in [0.15, 0.2) is 42.5 Å². The third kappa shape index (κ3) is 2.39. The Bertz CT molecular complexity index is 921. The number of carbonyl (C=O) groups excluding carboxylic acids is 1. The quantitative estimate of drug-likeness (QED) is 0.722. The summed E-state index contributed by atoms with van der Waals surface area (Å²) in [7, 11) is 2.04. The summed E-state index contributed by atoms with van der Waals surface area (Å²) >= 11 is 0. The van der Waals surface area contributed by atoms with Crippen molar-refractivity contribution in [3.05, 3.63) is 59.4 Å². The molecule has 4 heteroatoms. The van der Waals surface area contributed by atoms with Crippen LogP contribution >= 0.6 is 0 Å². The molecule has 1 fully saturated rings. The van der Waals surface area contributed by atoms with E-state index in [-0.39, 0.29) is 11.8 Å². The lowest BCUT2D eigenvalue weighted by atomic mass is 10.1. The zero-order chi connectivity index (χ0) is 16.8. The highest BCUT2D eigenvalue weighted by Crippen LogP contribution is 2.33. The first-order valence-corrected chi connectivity index (χ1v) is 8.33. The molecule has 1 aliphatic heterocycles. The van der Waals surface area contributed by atoms with Gasteiger partial charge in [0.05, 0.1) is 11.0 Å². The molecule has 122 valence electrons. The number of carbonyl (C=O) groups is 1. The topological polar surface area (TPSA) is 38.1 Å². The van der Waals surface area contributed by atoms with Crippen molar-refractivity contribution in [1.29, 1.82) is 0 Å². The fraction of sp³-hybridized carbons (Fsp3) is 0.300. The maximum atomic E-state index is 12.6. The Kier molecular flexibility index (Phi) is 3.41. The molecule has 0 aliphatic carbocycles. The lowest BCUT2D eigenvalue weighted by Crippen LogP contribution is -2.24. The number of anilines is 1. The number of hydrogen-bond donors (Lipinski definition) is 0. The summed E-state index contributed by atoms with van der Waals surface area (Å²) in [5, 5.41) is 0.